The molecule has 236 valence electrons. The van der Waals surface area contributed by atoms with Crippen molar-refractivity contribution in [2.75, 3.05) is 52.4 Å². The smallest absolute Gasteiger partial charge is 0.410 e. The van der Waals surface area contributed by atoms with Gasteiger partial charge in [-0.15, -0.1) is 12.8 Å². The molecule has 0 unspecified atom stereocenters. The molecule has 0 radical (unpaired) electrons. The van der Waals surface area contributed by atoms with E-state index in [4.69, 9.17) is 27.1 Å². The largest absolute Gasteiger partial charge is 0.444 e. The quantitative estimate of drug-likeness (QED) is 0.259. The third kappa shape index (κ3) is 18.3. The molecule has 0 spiro atoms. The molecule has 0 rings (SSSR count). The summed E-state index contributed by atoms with van der Waals surface area (Å²) in [5.74, 6) is 2.62. The normalized spacial score (nSPS) is 11.2. The predicted octanol–water partition coefficient (Wildman–Crippen LogP) is 2.20. The van der Waals surface area contributed by atoms with E-state index in [0.717, 1.165) is 0 Å². The van der Waals surface area contributed by atoms with Gasteiger partial charge in [-0.1, -0.05) is 0 Å². The number of nitrogens with one attached hydrogen (secondary N) is 2. The maximum atomic E-state index is 13.1. The zero-order chi connectivity index (χ0) is 32.7. The van der Waals surface area contributed by atoms with Crippen LogP contribution in [0.15, 0.2) is 0 Å². The SMILES string of the molecule is C#CC(=O)NCCN(CCN(CCN(CCNC(=O)C#C)C(=O)OC(C)(C)C)C(=O)OC(C)(C)C)C(=O)OC(C)(C)C. The van der Waals surface area contributed by atoms with Crippen LogP contribution in [-0.4, -0.2) is 114 Å². The first kappa shape index (κ1) is 37.9. The zero-order valence-corrected chi connectivity index (χ0v) is 26.4. The second-order valence-corrected chi connectivity index (χ2v) is 12.2. The van der Waals surface area contributed by atoms with Crippen molar-refractivity contribution < 1.29 is 38.2 Å². The number of carbonyl (C=O) groups excluding carboxylic acids is 5. The summed E-state index contributed by atoms with van der Waals surface area (Å²) < 4.78 is 16.5. The summed E-state index contributed by atoms with van der Waals surface area (Å²) in [6, 6.07) is 0. The summed E-state index contributed by atoms with van der Waals surface area (Å²) in [7, 11) is 0. The topological polar surface area (TPSA) is 147 Å². The van der Waals surface area contributed by atoms with E-state index >= 15 is 0 Å². The minimum atomic E-state index is -0.815. The highest BCUT2D eigenvalue weighted by Gasteiger charge is 2.28. The van der Waals surface area contributed by atoms with Gasteiger partial charge < -0.3 is 39.5 Å². The van der Waals surface area contributed by atoms with Crippen LogP contribution in [0.5, 0.6) is 0 Å². The lowest BCUT2D eigenvalue weighted by Gasteiger charge is -2.33. The Morgan fingerprint density at radius 2 is 0.762 bits per heavy atom. The molecule has 13 heteroatoms. The van der Waals surface area contributed by atoms with Crippen molar-refractivity contribution in [3.8, 4) is 24.7 Å². The fourth-order valence-electron chi connectivity index (χ4n) is 3.06. The molecule has 42 heavy (non-hydrogen) atoms. The van der Waals surface area contributed by atoms with Crippen LogP contribution in [0, 0.1) is 24.7 Å². The molecule has 0 saturated carbocycles. The lowest BCUT2D eigenvalue weighted by Crippen LogP contribution is -2.49. The van der Waals surface area contributed by atoms with Gasteiger partial charge in [-0.3, -0.25) is 9.59 Å². The molecular weight excluding hydrogens is 546 g/mol. The molecule has 0 aliphatic rings. The summed E-state index contributed by atoms with van der Waals surface area (Å²) in [5, 5.41) is 4.99. The molecule has 0 bridgehead atoms. The Labute approximate surface area is 249 Å². The molecule has 0 saturated heterocycles. The van der Waals surface area contributed by atoms with E-state index in [2.05, 4.69) is 10.6 Å². The molecule has 0 aliphatic heterocycles. The van der Waals surface area contributed by atoms with Gasteiger partial charge in [0.25, 0.3) is 11.8 Å². The highest BCUT2D eigenvalue weighted by molar-refractivity contribution is 5.93. The van der Waals surface area contributed by atoms with Gasteiger partial charge in [-0.25, -0.2) is 14.4 Å². The van der Waals surface area contributed by atoms with Crippen molar-refractivity contribution in [1.82, 2.24) is 25.3 Å². The van der Waals surface area contributed by atoms with Crippen LogP contribution in [-0.2, 0) is 23.8 Å². The summed E-state index contributed by atoms with van der Waals surface area (Å²) in [4.78, 5) is 65.9. The van der Waals surface area contributed by atoms with Crippen LogP contribution in [0.4, 0.5) is 14.4 Å². The lowest BCUT2D eigenvalue weighted by molar-refractivity contribution is -0.116. The van der Waals surface area contributed by atoms with Crippen molar-refractivity contribution in [3.63, 3.8) is 0 Å². The van der Waals surface area contributed by atoms with Crippen molar-refractivity contribution >= 4 is 30.1 Å². The first-order valence-electron chi connectivity index (χ1n) is 13.6. The fraction of sp³-hybridized carbons (Fsp3) is 0.690. The van der Waals surface area contributed by atoms with Crippen LogP contribution in [0.1, 0.15) is 62.3 Å². The van der Waals surface area contributed by atoms with Gasteiger partial charge in [0.1, 0.15) is 16.8 Å². The minimum absolute atomic E-state index is 0.00717. The van der Waals surface area contributed by atoms with Gasteiger partial charge >= 0.3 is 18.3 Å². The Hall–Kier alpha value is -4.13. The molecule has 0 aromatic carbocycles. The van der Waals surface area contributed by atoms with Crippen LogP contribution < -0.4 is 10.6 Å². The van der Waals surface area contributed by atoms with Crippen molar-refractivity contribution in [2.45, 2.75) is 79.1 Å². The number of hydrogen-bond acceptors (Lipinski definition) is 8. The van der Waals surface area contributed by atoms with Crippen LogP contribution in [0.2, 0.25) is 0 Å². The van der Waals surface area contributed by atoms with Crippen LogP contribution in [0.3, 0.4) is 0 Å². The van der Waals surface area contributed by atoms with E-state index in [1.165, 1.54) is 14.7 Å². The van der Waals surface area contributed by atoms with Gasteiger partial charge in [0, 0.05) is 52.4 Å². The number of rotatable bonds is 12. The number of carbonyl (C=O) groups is 5. The van der Waals surface area contributed by atoms with Gasteiger partial charge in [-0.2, -0.15) is 0 Å². The van der Waals surface area contributed by atoms with Crippen molar-refractivity contribution in [2.24, 2.45) is 0 Å². The van der Waals surface area contributed by atoms with E-state index in [9.17, 15) is 24.0 Å². The van der Waals surface area contributed by atoms with E-state index < -0.39 is 46.9 Å². The average molecular weight is 594 g/mol. The molecule has 0 aliphatic carbocycles. The number of amides is 5. The summed E-state index contributed by atoms with van der Waals surface area (Å²) in [6.07, 6.45) is 8.20. The molecular formula is C29H47N5O8. The van der Waals surface area contributed by atoms with Crippen LogP contribution in [0.25, 0.3) is 0 Å². The minimum Gasteiger partial charge on any atom is -0.444 e. The molecule has 2 N–H and O–H groups in total. The standard InChI is InChI=1S/C29H47N5O8/c1-12-22(35)30-14-16-32(24(37)40-27(3,4)5)18-20-34(26(39)42-29(9,10)11)21-19-33(17-15-31-23(36)13-2)25(38)41-28(6,7)8/h1-2H,14-21H2,3-11H3,(H,30,35)(H,31,36). The molecule has 0 fully saturated rings. The van der Waals surface area contributed by atoms with Crippen molar-refractivity contribution in [1.29, 1.82) is 0 Å². The molecule has 0 aromatic heterocycles. The van der Waals surface area contributed by atoms with E-state index in [1.807, 2.05) is 11.8 Å². The third-order valence-electron chi connectivity index (χ3n) is 4.83. The first-order chi connectivity index (χ1) is 19.2. The van der Waals surface area contributed by atoms with E-state index in [0.29, 0.717) is 0 Å². The molecule has 0 heterocycles. The summed E-state index contributed by atoms with van der Waals surface area (Å²) >= 11 is 0. The number of ether oxygens (including phenoxy) is 3. The molecule has 5 amide bonds. The predicted molar refractivity (Wildman–Crippen MR) is 157 cm³/mol. The Morgan fingerprint density at radius 3 is 0.976 bits per heavy atom. The Balaban J connectivity index is 5.87. The van der Waals surface area contributed by atoms with Gasteiger partial charge in [0.15, 0.2) is 0 Å². The first-order valence-corrected chi connectivity index (χ1v) is 13.6. The molecule has 13 nitrogen and oxygen atoms in total. The van der Waals surface area contributed by atoms with E-state index in [-0.39, 0.29) is 52.4 Å². The number of nitrogens with zero attached hydrogens (tertiary/aromatic N) is 3. The molecule has 0 atom stereocenters. The second kappa shape index (κ2) is 17.0. The maximum absolute atomic E-state index is 13.1. The number of hydrogen-bond donors (Lipinski definition) is 2. The van der Waals surface area contributed by atoms with E-state index in [1.54, 1.807) is 62.3 Å². The number of terminal acetylenes is 2. The Kier molecular flexibility index (Phi) is 15.3. The average Bonchev–Trinajstić information content (AvgIpc) is 2.82. The van der Waals surface area contributed by atoms with Crippen molar-refractivity contribution in [3.05, 3.63) is 0 Å². The lowest BCUT2D eigenvalue weighted by atomic mass is 10.2. The van der Waals surface area contributed by atoms with Crippen LogP contribution >= 0.6 is 0 Å². The zero-order valence-electron chi connectivity index (χ0n) is 26.4. The Morgan fingerprint density at radius 1 is 0.524 bits per heavy atom. The maximum Gasteiger partial charge on any atom is 0.410 e. The van der Waals surface area contributed by atoms with Gasteiger partial charge in [-0.05, 0) is 74.2 Å². The van der Waals surface area contributed by atoms with Gasteiger partial charge in [0.05, 0.1) is 0 Å². The molecule has 0 aromatic rings. The second-order valence-electron chi connectivity index (χ2n) is 12.2. The van der Waals surface area contributed by atoms with Gasteiger partial charge in [0.2, 0.25) is 0 Å². The monoisotopic (exact) mass is 593 g/mol. The third-order valence-corrected chi connectivity index (χ3v) is 4.83. The highest BCUT2D eigenvalue weighted by atomic mass is 16.6. The fourth-order valence-corrected chi connectivity index (χ4v) is 3.06. The Bertz CT molecular complexity index is 957. The summed E-state index contributed by atoms with van der Waals surface area (Å²) in [6.45, 7) is 15.7. The highest BCUT2D eigenvalue weighted by Crippen LogP contribution is 2.14. The summed E-state index contributed by atoms with van der Waals surface area (Å²) in [5.41, 5.74) is -2.39.